The van der Waals surface area contributed by atoms with Crippen LogP contribution < -0.4 is 18.9 Å². The first-order valence-corrected chi connectivity index (χ1v) is 13.9. The first-order chi connectivity index (χ1) is 19.4. The lowest BCUT2D eigenvalue weighted by molar-refractivity contribution is -0.126. The normalized spacial score (nSPS) is 20.5. The maximum atomic E-state index is 13.8. The molecule has 0 bridgehead atoms. The second kappa shape index (κ2) is 10.1. The summed E-state index contributed by atoms with van der Waals surface area (Å²) in [4.78, 5) is 34.6. The number of methoxy groups -OCH3 is 1. The Balaban J connectivity index is 1.33. The molecule has 0 N–H and O–H groups in total. The van der Waals surface area contributed by atoms with Gasteiger partial charge < -0.3 is 8.92 Å². The van der Waals surface area contributed by atoms with E-state index in [1.54, 1.807) is 59.7 Å². The lowest BCUT2D eigenvalue weighted by Crippen LogP contribution is -2.37. The van der Waals surface area contributed by atoms with Crippen LogP contribution in [0.3, 0.4) is 0 Å². The number of hydrogen-bond donors (Lipinski definition) is 0. The Labute approximate surface area is 231 Å². The zero-order valence-electron chi connectivity index (χ0n) is 21.3. The number of imide groups is 1. The van der Waals surface area contributed by atoms with Crippen molar-refractivity contribution in [2.75, 3.05) is 17.1 Å². The van der Waals surface area contributed by atoms with Crippen LogP contribution in [0.25, 0.3) is 0 Å². The van der Waals surface area contributed by atoms with E-state index in [4.69, 9.17) is 13.8 Å². The van der Waals surface area contributed by atoms with Crippen LogP contribution in [0.15, 0.2) is 114 Å². The van der Waals surface area contributed by atoms with Crippen molar-refractivity contribution in [1.29, 1.82) is 0 Å². The van der Waals surface area contributed by atoms with Crippen LogP contribution in [-0.2, 0) is 24.5 Å². The monoisotopic (exact) mass is 556 g/mol. The van der Waals surface area contributed by atoms with E-state index in [2.05, 4.69) is 0 Å². The summed E-state index contributed by atoms with van der Waals surface area (Å²) in [6.07, 6.45) is -1.03. The molecule has 2 heterocycles. The number of hydroxylamine groups is 1. The SMILES string of the molecule is COc1ccc(N2C(=O)[C@H]3[C@@H](ON(c4ccccc4)[C@H]3c3ccc(OS(=O)(=O)c4ccccc4)cc3)C2=O)cc1. The van der Waals surface area contributed by atoms with Gasteiger partial charge in [-0.1, -0.05) is 48.5 Å². The smallest absolute Gasteiger partial charge is 0.339 e. The summed E-state index contributed by atoms with van der Waals surface area (Å²) in [6, 6.07) is 29.4. The van der Waals surface area contributed by atoms with E-state index < -0.39 is 40.0 Å². The number of ether oxygens (including phenoxy) is 1. The molecular weight excluding hydrogens is 532 g/mol. The van der Waals surface area contributed by atoms with Gasteiger partial charge in [0.25, 0.3) is 5.91 Å². The van der Waals surface area contributed by atoms with Gasteiger partial charge >= 0.3 is 10.1 Å². The number of anilines is 2. The summed E-state index contributed by atoms with van der Waals surface area (Å²) in [7, 11) is -2.48. The molecule has 2 aliphatic rings. The molecule has 9 nitrogen and oxygen atoms in total. The predicted molar refractivity (Wildman–Crippen MR) is 146 cm³/mol. The summed E-state index contributed by atoms with van der Waals surface area (Å²) < 4.78 is 35.9. The van der Waals surface area contributed by atoms with Gasteiger partial charge in [0.1, 0.15) is 22.3 Å². The minimum atomic E-state index is -4.02. The van der Waals surface area contributed by atoms with Crippen molar-refractivity contribution in [1.82, 2.24) is 0 Å². The maximum Gasteiger partial charge on any atom is 0.339 e. The van der Waals surface area contributed by atoms with Gasteiger partial charge in [0.05, 0.1) is 24.5 Å². The van der Waals surface area contributed by atoms with Crippen LogP contribution >= 0.6 is 0 Å². The summed E-state index contributed by atoms with van der Waals surface area (Å²) >= 11 is 0. The molecule has 0 spiro atoms. The van der Waals surface area contributed by atoms with Gasteiger partial charge in [-0.25, -0.2) is 9.96 Å². The van der Waals surface area contributed by atoms with Crippen molar-refractivity contribution < 1.29 is 31.8 Å². The quantitative estimate of drug-likeness (QED) is 0.242. The fourth-order valence-electron chi connectivity index (χ4n) is 5.02. The standard InChI is InChI=1S/C30H24N2O7S/c1-37-23-18-14-21(15-19-23)31-29(33)26-27(32(38-28(26)30(31)34)22-8-4-2-5-9-22)20-12-16-24(17-13-20)39-40(35,36)25-10-6-3-7-11-25/h2-19,26-28H,1H3/t26-,27+,28-/m1/s1. The second-order valence-corrected chi connectivity index (χ2v) is 10.8. The molecule has 40 heavy (non-hydrogen) atoms. The number of benzene rings is 4. The molecule has 0 aliphatic carbocycles. The Kier molecular flexibility index (Phi) is 6.49. The van der Waals surface area contributed by atoms with Gasteiger partial charge in [-0.05, 0) is 66.2 Å². The molecule has 2 amide bonds. The van der Waals surface area contributed by atoms with E-state index in [0.29, 0.717) is 22.7 Å². The minimum absolute atomic E-state index is 0.0371. The van der Waals surface area contributed by atoms with E-state index in [9.17, 15) is 18.0 Å². The third kappa shape index (κ3) is 4.47. The number of carbonyl (C=O) groups excluding carboxylic acids is 2. The van der Waals surface area contributed by atoms with Crippen molar-refractivity contribution >= 4 is 33.3 Å². The third-order valence-corrected chi connectivity index (χ3v) is 8.18. The van der Waals surface area contributed by atoms with E-state index >= 15 is 0 Å². The average Bonchev–Trinajstić information content (AvgIpc) is 3.50. The maximum absolute atomic E-state index is 13.8. The van der Waals surface area contributed by atoms with Crippen molar-refractivity contribution in [3.63, 3.8) is 0 Å². The molecule has 2 saturated heterocycles. The van der Waals surface area contributed by atoms with Gasteiger partial charge in [0, 0.05) is 0 Å². The summed E-state index contributed by atoms with van der Waals surface area (Å²) in [6.45, 7) is 0. The van der Waals surface area contributed by atoms with Crippen molar-refractivity contribution in [3.8, 4) is 11.5 Å². The highest BCUT2D eigenvalue weighted by molar-refractivity contribution is 7.87. The number of amides is 2. The number of nitrogens with zero attached hydrogens (tertiary/aromatic N) is 2. The molecule has 0 unspecified atom stereocenters. The van der Waals surface area contributed by atoms with Crippen LogP contribution in [0.5, 0.6) is 11.5 Å². The summed E-state index contributed by atoms with van der Waals surface area (Å²) in [5.41, 5.74) is 1.75. The van der Waals surface area contributed by atoms with Gasteiger partial charge in [0.15, 0.2) is 6.10 Å². The first-order valence-electron chi connectivity index (χ1n) is 12.5. The second-order valence-electron chi connectivity index (χ2n) is 9.29. The largest absolute Gasteiger partial charge is 0.497 e. The molecule has 6 rings (SSSR count). The molecule has 3 atom stereocenters. The highest BCUT2D eigenvalue weighted by atomic mass is 32.2. The first kappa shape index (κ1) is 25.6. The third-order valence-electron chi connectivity index (χ3n) is 6.92. The number of fused-ring (bicyclic) bond motifs is 1. The van der Waals surface area contributed by atoms with Crippen molar-refractivity contribution in [3.05, 3.63) is 115 Å². The number of rotatable bonds is 7. The van der Waals surface area contributed by atoms with Crippen molar-refractivity contribution in [2.24, 2.45) is 5.92 Å². The highest BCUT2D eigenvalue weighted by Crippen LogP contribution is 2.47. The van der Waals surface area contributed by atoms with Crippen LogP contribution in [0.4, 0.5) is 11.4 Å². The number of carbonyl (C=O) groups is 2. The Bertz CT molecular complexity index is 1640. The topological polar surface area (TPSA) is 102 Å². The fourth-order valence-corrected chi connectivity index (χ4v) is 5.97. The number of para-hydroxylation sites is 1. The predicted octanol–water partition coefficient (Wildman–Crippen LogP) is 4.51. The molecule has 202 valence electrons. The van der Waals surface area contributed by atoms with Gasteiger partial charge in [-0.3, -0.25) is 14.4 Å². The van der Waals surface area contributed by atoms with Gasteiger partial charge in [-0.2, -0.15) is 8.42 Å². The van der Waals surface area contributed by atoms with E-state index in [1.807, 2.05) is 30.3 Å². The molecule has 2 fully saturated rings. The molecule has 2 aliphatic heterocycles. The molecule has 0 saturated carbocycles. The van der Waals surface area contributed by atoms with Crippen molar-refractivity contribution in [2.45, 2.75) is 17.0 Å². The Morgan fingerprint density at radius 2 is 1.30 bits per heavy atom. The molecule has 4 aromatic rings. The summed E-state index contributed by atoms with van der Waals surface area (Å²) in [5.74, 6) is -0.977. The molecule has 10 heteroatoms. The van der Waals surface area contributed by atoms with Crippen LogP contribution in [0.2, 0.25) is 0 Å². The van der Waals surface area contributed by atoms with E-state index in [0.717, 1.165) is 4.90 Å². The number of hydrogen-bond acceptors (Lipinski definition) is 8. The lowest BCUT2D eigenvalue weighted by atomic mass is 9.90. The fraction of sp³-hybridized carbons (Fsp3) is 0.133. The van der Waals surface area contributed by atoms with Gasteiger partial charge in [-0.15, -0.1) is 0 Å². The Morgan fingerprint density at radius 1 is 0.700 bits per heavy atom. The molecule has 0 radical (unpaired) electrons. The lowest BCUT2D eigenvalue weighted by Gasteiger charge is -2.28. The molecular formula is C30H24N2O7S. The van der Waals surface area contributed by atoms with E-state index in [-0.39, 0.29) is 10.6 Å². The zero-order valence-corrected chi connectivity index (χ0v) is 22.1. The minimum Gasteiger partial charge on any atom is -0.497 e. The summed E-state index contributed by atoms with van der Waals surface area (Å²) in [5, 5.41) is 1.58. The zero-order chi connectivity index (χ0) is 27.9. The van der Waals surface area contributed by atoms with Gasteiger partial charge in [0.2, 0.25) is 5.91 Å². The molecule has 4 aromatic carbocycles. The van der Waals surface area contributed by atoms with Crippen LogP contribution in [0.1, 0.15) is 11.6 Å². The highest BCUT2D eigenvalue weighted by Gasteiger charge is 2.60. The molecule has 0 aromatic heterocycles. The van der Waals surface area contributed by atoms with Crippen LogP contribution in [-0.4, -0.2) is 33.4 Å². The van der Waals surface area contributed by atoms with Crippen LogP contribution in [0, 0.1) is 5.92 Å². The Morgan fingerprint density at radius 3 is 1.93 bits per heavy atom. The van der Waals surface area contributed by atoms with E-state index in [1.165, 1.54) is 31.4 Å². The average molecular weight is 557 g/mol. The Hall–Kier alpha value is -4.67.